The van der Waals surface area contributed by atoms with Gasteiger partial charge < -0.3 is 0 Å². The molecule has 1 heterocycles. The van der Waals surface area contributed by atoms with Crippen LogP contribution in [0.2, 0.25) is 15.3 Å². The Kier molecular flexibility index (Phi) is 4.51. The van der Waals surface area contributed by atoms with Crippen molar-refractivity contribution in [1.29, 1.82) is 0 Å². The first kappa shape index (κ1) is 15.5. The van der Waals surface area contributed by atoms with E-state index in [1.54, 1.807) is 18.2 Å². The highest BCUT2D eigenvalue weighted by molar-refractivity contribution is 7.86. The molecule has 0 fully saturated rings. The standard InChI is InChI=1S/C11H7Cl3N2O3S/c12-7-9(13)15-11(16-10(7)14)8(20(17,18)19)6-4-2-1-3-5-6/h1-5,8H,(H,17,18,19). The monoisotopic (exact) mass is 352 g/mol. The predicted octanol–water partition coefficient (Wildman–Crippen LogP) is 3.41. The van der Waals surface area contributed by atoms with E-state index in [0.29, 0.717) is 0 Å². The average Bonchev–Trinajstić information content (AvgIpc) is 2.35. The molecule has 2 rings (SSSR count). The molecule has 0 saturated carbocycles. The molecular formula is C11H7Cl3N2O3S. The summed E-state index contributed by atoms with van der Waals surface area (Å²) in [6, 6.07) is 7.96. The molecule has 0 aliphatic carbocycles. The molecule has 1 aromatic heterocycles. The highest BCUT2D eigenvalue weighted by Crippen LogP contribution is 2.32. The van der Waals surface area contributed by atoms with Crippen LogP contribution in [0.15, 0.2) is 30.3 Å². The maximum atomic E-state index is 11.6. The van der Waals surface area contributed by atoms with E-state index >= 15 is 0 Å². The maximum Gasteiger partial charge on any atom is 0.279 e. The van der Waals surface area contributed by atoms with Crippen molar-refractivity contribution in [3.8, 4) is 0 Å². The fourth-order valence-corrected chi connectivity index (χ4v) is 2.97. The van der Waals surface area contributed by atoms with Crippen LogP contribution in [-0.4, -0.2) is 22.9 Å². The second-order valence-electron chi connectivity index (χ2n) is 3.78. The fourth-order valence-electron chi connectivity index (χ4n) is 1.61. The van der Waals surface area contributed by atoms with E-state index in [2.05, 4.69) is 9.97 Å². The Morgan fingerprint density at radius 1 is 1.00 bits per heavy atom. The van der Waals surface area contributed by atoms with Gasteiger partial charge in [0.15, 0.2) is 21.4 Å². The van der Waals surface area contributed by atoms with Gasteiger partial charge in [-0.25, -0.2) is 9.97 Å². The minimum Gasteiger partial charge on any atom is -0.285 e. The molecule has 1 aromatic carbocycles. The van der Waals surface area contributed by atoms with Gasteiger partial charge in [0.25, 0.3) is 10.1 Å². The Balaban J connectivity index is 2.66. The lowest BCUT2D eigenvalue weighted by Crippen LogP contribution is -2.17. The van der Waals surface area contributed by atoms with E-state index in [0.717, 1.165) is 0 Å². The summed E-state index contributed by atoms with van der Waals surface area (Å²) in [5.74, 6) is -0.252. The van der Waals surface area contributed by atoms with Crippen LogP contribution >= 0.6 is 34.8 Å². The van der Waals surface area contributed by atoms with Crippen molar-refractivity contribution in [2.75, 3.05) is 0 Å². The summed E-state index contributed by atoms with van der Waals surface area (Å²) < 4.78 is 32.6. The average molecular weight is 354 g/mol. The van der Waals surface area contributed by atoms with Crippen LogP contribution in [0.25, 0.3) is 0 Å². The SMILES string of the molecule is O=S(=O)(O)C(c1ccccc1)c1nc(Cl)c(Cl)c(Cl)n1. The normalized spacial score (nSPS) is 13.2. The molecule has 2 aromatic rings. The summed E-state index contributed by atoms with van der Waals surface area (Å²) in [6.45, 7) is 0. The Morgan fingerprint density at radius 3 is 1.95 bits per heavy atom. The maximum absolute atomic E-state index is 11.6. The summed E-state index contributed by atoms with van der Waals surface area (Å²) in [5.41, 5.74) is 0.282. The Morgan fingerprint density at radius 2 is 1.50 bits per heavy atom. The Labute approximate surface area is 130 Å². The number of hydrogen-bond donors (Lipinski definition) is 1. The molecule has 9 heteroatoms. The minimum atomic E-state index is -4.50. The van der Waals surface area contributed by atoms with Crippen molar-refractivity contribution >= 4 is 44.9 Å². The third-order valence-electron chi connectivity index (χ3n) is 2.42. The zero-order valence-corrected chi connectivity index (χ0v) is 12.7. The highest BCUT2D eigenvalue weighted by atomic mass is 35.5. The molecule has 5 nitrogen and oxygen atoms in total. The molecule has 106 valence electrons. The summed E-state index contributed by atoms with van der Waals surface area (Å²) in [4.78, 5) is 7.55. The van der Waals surface area contributed by atoms with Gasteiger partial charge in [0.05, 0.1) is 0 Å². The van der Waals surface area contributed by atoms with E-state index in [9.17, 15) is 13.0 Å². The highest BCUT2D eigenvalue weighted by Gasteiger charge is 2.31. The van der Waals surface area contributed by atoms with Crippen molar-refractivity contribution in [2.24, 2.45) is 0 Å². The molecule has 0 amide bonds. The third-order valence-corrected chi connectivity index (χ3v) is 4.60. The molecule has 1 N–H and O–H groups in total. The van der Waals surface area contributed by atoms with Crippen LogP contribution in [0, 0.1) is 0 Å². The number of rotatable bonds is 3. The van der Waals surface area contributed by atoms with Gasteiger partial charge >= 0.3 is 0 Å². The minimum absolute atomic E-state index is 0.0840. The predicted molar refractivity (Wildman–Crippen MR) is 76.9 cm³/mol. The topological polar surface area (TPSA) is 80.2 Å². The summed E-state index contributed by atoms with van der Waals surface area (Å²) >= 11 is 17.2. The fraction of sp³-hybridized carbons (Fsp3) is 0.0909. The van der Waals surface area contributed by atoms with Crippen LogP contribution in [0.4, 0.5) is 0 Å². The molecule has 0 aliphatic heterocycles. The summed E-state index contributed by atoms with van der Waals surface area (Å²) in [5, 5.41) is -1.95. The van der Waals surface area contributed by atoms with E-state index in [1.165, 1.54) is 12.1 Å². The largest absolute Gasteiger partial charge is 0.285 e. The smallest absolute Gasteiger partial charge is 0.279 e. The lowest BCUT2D eigenvalue weighted by Gasteiger charge is -2.13. The zero-order chi connectivity index (χ0) is 14.9. The summed E-state index contributed by atoms with van der Waals surface area (Å²) in [7, 11) is -4.50. The van der Waals surface area contributed by atoms with Crippen molar-refractivity contribution in [1.82, 2.24) is 9.97 Å². The van der Waals surface area contributed by atoms with Crippen molar-refractivity contribution < 1.29 is 13.0 Å². The molecular weight excluding hydrogens is 347 g/mol. The van der Waals surface area contributed by atoms with Crippen molar-refractivity contribution in [2.45, 2.75) is 5.25 Å². The number of aromatic nitrogens is 2. The molecule has 1 unspecified atom stereocenters. The van der Waals surface area contributed by atoms with Gasteiger partial charge in [-0.05, 0) is 5.56 Å². The number of nitrogens with zero attached hydrogens (tertiary/aromatic N) is 2. The lowest BCUT2D eigenvalue weighted by atomic mass is 10.1. The third kappa shape index (κ3) is 3.21. The number of halogens is 3. The van der Waals surface area contributed by atoms with E-state index in [-0.39, 0.29) is 26.7 Å². The van der Waals surface area contributed by atoms with Gasteiger partial charge in [0.2, 0.25) is 0 Å². The Hall–Kier alpha value is -0.920. The van der Waals surface area contributed by atoms with E-state index < -0.39 is 15.4 Å². The zero-order valence-electron chi connectivity index (χ0n) is 9.66. The first-order chi connectivity index (χ1) is 9.30. The van der Waals surface area contributed by atoms with Gasteiger partial charge in [-0.2, -0.15) is 8.42 Å². The molecule has 1 atom stereocenters. The number of benzene rings is 1. The van der Waals surface area contributed by atoms with Gasteiger partial charge in [0.1, 0.15) is 5.02 Å². The first-order valence-corrected chi connectivity index (χ1v) is 7.84. The van der Waals surface area contributed by atoms with Crippen molar-refractivity contribution in [3.63, 3.8) is 0 Å². The van der Waals surface area contributed by atoms with Crippen LogP contribution in [0.3, 0.4) is 0 Å². The second-order valence-corrected chi connectivity index (χ2v) is 6.38. The Bertz CT molecular complexity index is 715. The molecule has 0 bridgehead atoms. The van der Waals surface area contributed by atoms with Crippen LogP contribution in [-0.2, 0) is 10.1 Å². The van der Waals surface area contributed by atoms with Gasteiger partial charge in [-0.3, -0.25) is 4.55 Å². The quantitative estimate of drug-likeness (QED) is 0.675. The van der Waals surface area contributed by atoms with Gasteiger partial charge in [-0.1, -0.05) is 65.1 Å². The van der Waals surface area contributed by atoms with E-state index in [1.807, 2.05) is 0 Å². The van der Waals surface area contributed by atoms with E-state index in [4.69, 9.17) is 34.8 Å². The second kappa shape index (κ2) is 5.83. The molecule has 0 saturated heterocycles. The molecule has 0 radical (unpaired) electrons. The first-order valence-electron chi connectivity index (χ1n) is 5.20. The van der Waals surface area contributed by atoms with Crippen LogP contribution in [0.5, 0.6) is 0 Å². The summed E-state index contributed by atoms with van der Waals surface area (Å²) in [6.07, 6.45) is 0. The van der Waals surface area contributed by atoms with Crippen molar-refractivity contribution in [3.05, 3.63) is 57.0 Å². The van der Waals surface area contributed by atoms with Gasteiger partial charge in [-0.15, -0.1) is 0 Å². The van der Waals surface area contributed by atoms with Gasteiger partial charge in [0, 0.05) is 0 Å². The molecule has 20 heavy (non-hydrogen) atoms. The van der Waals surface area contributed by atoms with Crippen LogP contribution < -0.4 is 0 Å². The molecule has 0 aliphatic rings. The van der Waals surface area contributed by atoms with Crippen LogP contribution in [0.1, 0.15) is 16.6 Å². The lowest BCUT2D eigenvalue weighted by molar-refractivity contribution is 0.473. The molecule has 0 spiro atoms. The number of hydrogen-bond acceptors (Lipinski definition) is 4.